The van der Waals surface area contributed by atoms with Gasteiger partial charge in [-0.25, -0.2) is 0 Å². The number of fused-ring (bicyclic) bond motifs is 7. The zero-order valence-corrected chi connectivity index (χ0v) is 35.2. The van der Waals surface area contributed by atoms with Crippen molar-refractivity contribution in [3.05, 3.63) is 240 Å². The summed E-state index contributed by atoms with van der Waals surface area (Å²) in [6.45, 7) is 0. The van der Waals surface area contributed by atoms with E-state index in [1.165, 1.54) is 99.0 Å². The highest BCUT2D eigenvalue weighted by molar-refractivity contribution is 6.26. The normalized spacial score (nSPS) is 14.1. The highest BCUT2D eigenvalue weighted by Gasteiger charge is 2.27. The second kappa shape index (κ2) is 14.7. The number of nitrogens with zero attached hydrogens (tertiary/aromatic N) is 2. The van der Waals surface area contributed by atoms with Crippen molar-refractivity contribution < 1.29 is 0 Å². The lowest BCUT2D eigenvalue weighted by molar-refractivity contribution is 0.955. The van der Waals surface area contributed by atoms with E-state index in [1.807, 2.05) is 0 Å². The van der Waals surface area contributed by atoms with Gasteiger partial charge in [0.1, 0.15) is 0 Å². The highest BCUT2D eigenvalue weighted by atomic mass is 15.2. The summed E-state index contributed by atoms with van der Waals surface area (Å²) in [6.07, 6.45) is 15.9. The number of anilines is 5. The van der Waals surface area contributed by atoms with Crippen molar-refractivity contribution in [2.75, 3.05) is 9.80 Å². The minimum absolute atomic E-state index is 1.02. The lowest BCUT2D eigenvalue weighted by Crippen LogP contribution is -2.18. The summed E-state index contributed by atoms with van der Waals surface area (Å²) in [5.41, 5.74) is 16.9. The summed E-state index contributed by atoms with van der Waals surface area (Å²) >= 11 is 0. The average molecular weight is 815 g/mol. The fourth-order valence-corrected chi connectivity index (χ4v) is 10.7. The molecular weight excluding hydrogens is 773 g/mol. The minimum Gasteiger partial charge on any atom is -0.310 e. The molecule has 0 unspecified atom stereocenters. The van der Waals surface area contributed by atoms with E-state index in [0.29, 0.717) is 0 Å². The molecule has 0 atom stereocenters. The van der Waals surface area contributed by atoms with Gasteiger partial charge in [0.15, 0.2) is 0 Å². The van der Waals surface area contributed by atoms with Crippen LogP contribution in [0.1, 0.15) is 29.5 Å². The summed E-state index contributed by atoms with van der Waals surface area (Å²) in [4.78, 5) is 4.95. The van der Waals surface area contributed by atoms with Crippen molar-refractivity contribution >= 4 is 89.8 Å². The predicted octanol–water partition coefficient (Wildman–Crippen LogP) is 17.4. The Balaban J connectivity index is 1.18. The lowest BCUT2D eigenvalue weighted by Gasteiger charge is -2.30. The fraction of sp³-hybridized carbons (Fsp3) is 0.0323. The minimum atomic E-state index is 1.02. The smallest absolute Gasteiger partial charge is 0.0534 e. The van der Waals surface area contributed by atoms with Crippen LogP contribution >= 0.6 is 0 Å². The number of hydrogen-bond acceptors (Lipinski definition) is 2. The van der Waals surface area contributed by atoms with Crippen LogP contribution < -0.4 is 9.80 Å². The highest BCUT2D eigenvalue weighted by Crippen LogP contribution is 2.51. The van der Waals surface area contributed by atoms with Crippen molar-refractivity contribution in [3.63, 3.8) is 0 Å². The standard InChI is InChI=1S/C62H42N2/c1-7-23-49-41(15-1)21-13-25-51(49)61-53-37-35-48(64-59-29-11-5-19-45(59)33-34-46-20-6-12-30-60(46)64)40-56(53)62(52-26-14-22-42-16-2-8-24-50(42)52)54-38-36-47(39-55(54)61)63-57-27-9-3-17-43(57)31-32-44-18-4-10-28-58(44)63/h1-5,7-19,21-40H,6,20H2. The molecule has 0 aromatic heterocycles. The molecule has 0 fully saturated rings. The molecule has 0 N–H and O–H groups in total. The predicted molar refractivity (Wildman–Crippen MR) is 274 cm³/mol. The number of allylic oxidation sites excluding steroid dienone is 4. The van der Waals surface area contributed by atoms with E-state index in [4.69, 9.17) is 0 Å². The second-order valence-corrected chi connectivity index (χ2v) is 17.1. The van der Waals surface area contributed by atoms with Gasteiger partial charge in [-0.2, -0.15) is 0 Å². The van der Waals surface area contributed by atoms with Crippen LogP contribution in [0.3, 0.4) is 0 Å². The third kappa shape index (κ3) is 5.73. The number of hydrogen-bond donors (Lipinski definition) is 0. The number of para-hydroxylation sites is 3. The zero-order chi connectivity index (χ0) is 42.1. The average Bonchev–Trinajstić information content (AvgIpc) is 3.63. The molecular formula is C62H42N2. The summed E-state index contributed by atoms with van der Waals surface area (Å²) in [6, 6.07) is 72.1. The molecule has 0 amide bonds. The molecule has 0 saturated carbocycles. The van der Waals surface area contributed by atoms with E-state index in [2.05, 4.69) is 240 Å². The fourth-order valence-electron chi connectivity index (χ4n) is 10.7. The van der Waals surface area contributed by atoms with Gasteiger partial charge in [-0.15, -0.1) is 0 Å². The molecule has 10 aromatic carbocycles. The molecule has 300 valence electrons. The Bertz CT molecular complexity index is 3630. The third-order valence-corrected chi connectivity index (χ3v) is 13.6. The number of benzene rings is 10. The van der Waals surface area contributed by atoms with Crippen molar-refractivity contribution in [2.45, 2.75) is 12.8 Å². The van der Waals surface area contributed by atoms with Crippen LogP contribution in [0.15, 0.2) is 224 Å². The molecule has 2 heteroatoms. The Morgan fingerprint density at radius 2 is 0.781 bits per heavy atom. The first-order chi connectivity index (χ1) is 31.8. The van der Waals surface area contributed by atoms with Gasteiger partial charge in [-0.05, 0) is 149 Å². The molecule has 3 aliphatic rings. The molecule has 1 aliphatic carbocycles. The van der Waals surface area contributed by atoms with E-state index in [0.717, 1.165) is 35.6 Å². The van der Waals surface area contributed by atoms with E-state index in [-0.39, 0.29) is 0 Å². The van der Waals surface area contributed by atoms with Gasteiger partial charge in [0.25, 0.3) is 0 Å². The summed E-state index contributed by atoms with van der Waals surface area (Å²) in [5.74, 6) is 0. The van der Waals surface area contributed by atoms with Crippen LogP contribution in [0.4, 0.5) is 28.4 Å². The van der Waals surface area contributed by atoms with Gasteiger partial charge in [0.2, 0.25) is 0 Å². The van der Waals surface area contributed by atoms with Crippen LogP contribution in [0, 0.1) is 0 Å². The molecule has 2 aliphatic heterocycles. The van der Waals surface area contributed by atoms with Gasteiger partial charge >= 0.3 is 0 Å². The molecule has 10 aromatic rings. The molecule has 0 spiro atoms. The Kier molecular flexibility index (Phi) is 8.39. The molecule has 0 radical (unpaired) electrons. The summed E-state index contributed by atoms with van der Waals surface area (Å²) in [5, 5.41) is 9.82. The van der Waals surface area contributed by atoms with Gasteiger partial charge in [0.05, 0.1) is 17.1 Å². The van der Waals surface area contributed by atoms with Gasteiger partial charge in [-0.3, -0.25) is 0 Å². The topological polar surface area (TPSA) is 6.48 Å². The monoisotopic (exact) mass is 814 g/mol. The largest absolute Gasteiger partial charge is 0.310 e. The number of rotatable bonds is 4. The Labute approximate surface area is 373 Å². The van der Waals surface area contributed by atoms with Gasteiger partial charge in [-0.1, -0.05) is 182 Å². The van der Waals surface area contributed by atoms with Gasteiger partial charge < -0.3 is 9.80 Å². The van der Waals surface area contributed by atoms with E-state index < -0.39 is 0 Å². The summed E-state index contributed by atoms with van der Waals surface area (Å²) in [7, 11) is 0. The molecule has 0 bridgehead atoms. The van der Waals surface area contributed by atoms with Crippen molar-refractivity contribution in [2.24, 2.45) is 0 Å². The van der Waals surface area contributed by atoms with Crippen LogP contribution in [0.25, 0.3) is 83.6 Å². The maximum atomic E-state index is 2.50. The lowest BCUT2D eigenvalue weighted by atomic mass is 9.83. The maximum Gasteiger partial charge on any atom is 0.0534 e. The molecule has 13 rings (SSSR count). The Hall–Kier alpha value is -8.20. The second-order valence-electron chi connectivity index (χ2n) is 17.1. The van der Waals surface area contributed by atoms with E-state index in [9.17, 15) is 0 Å². The first-order valence-electron chi connectivity index (χ1n) is 22.4. The molecule has 2 nitrogen and oxygen atoms in total. The van der Waals surface area contributed by atoms with Crippen molar-refractivity contribution in [1.29, 1.82) is 0 Å². The summed E-state index contributed by atoms with van der Waals surface area (Å²) < 4.78 is 0. The first-order valence-corrected chi connectivity index (χ1v) is 22.4. The Morgan fingerprint density at radius 3 is 1.34 bits per heavy atom. The maximum absolute atomic E-state index is 2.50. The third-order valence-electron chi connectivity index (χ3n) is 13.6. The van der Waals surface area contributed by atoms with Crippen molar-refractivity contribution in [1.82, 2.24) is 0 Å². The zero-order valence-electron chi connectivity index (χ0n) is 35.2. The van der Waals surface area contributed by atoms with Gasteiger partial charge in [0, 0.05) is 17.1 Å². The van der Waals surface area contributed by atoms with Crippen LogP contribution in [-0.4, -0.2) is 0 Å². The van der Waals surface area contributed by atoms with E-state index >= 15 is 0 Å². The SMILES string of the molecule is C1=CC2=C(C=Cc3ccccc3N2c2ccc3c(-c4cccc5ccccc45)c4cc(N5c6ccccc6C=Cc6ccccc65)ccc4c(-c4cccc5ccccc45)c3c2)CC1. The molecule has 0 saturated heterocycles. The molecule has 2 heterocycles. The first kappa shape index (κ1) is 36.5. The van der Waals surface area contributed by atoms with Crippen molar-refractivity contribution in [3.8, 4) is 22.3 Å². The van der Waals surface area contributed by atoms with Crippen LogP contribution in [0.5, 0.6) is 0 Å². The van der Waals surface area contributed by atoms with Crippen LogP contribution in [0.2, 0.25) is 0 Å². The van der Waals surface area contributed by atoms with Crippen LogP contribution in [-0.2, 0) is 0 Å². The van der Waals surface area contributed by atoms with E-state index in [1.54, 1.807) is 0 Å². The quantitative estimate of drug-likeness (QED) is 0.163. The molecule has 64 heavy (non-hydrogen) atoms. The Morgan fingerprint density at radius 1 is 0.328 bits per heavy atom.